The van der Waals surface area contributed by atoms with Gasteiger partial charge in [0.2, 0.25) is 12.6 Å². The Morgan fingerprint density at radius 3 is 2.02 bits per heavy atom. The Labute approximate surface area is 231 Å². The molecule has 222 valence electrons. The van der Waals surface area contributed by atoms with Crippen LogP contribution in [0.25, 0.3) is 22.3 Å². The van der Waals surface area contributed by atoms with Crippen molar-refractivity contribution in [1.82, 2.24) is 0 Å². The van der Waals surface area contributed by atoms with Crippen LogP contribution in [0.1, 0.15) is 6.92 Å². The molecule has 5 rings (SSSR count). The molecule has 0 amide bonds. The smallest absolute Gasteiger partial charge is 0.229 e. The van der Waals surface area contributed by atoms with Crippen LogP contribution in [0.3, 0.4) is 0 Å². The Balaban J connectivity index is 1.38. The van der Waals surface area contributed by atoms with E-state index in [1.54, 1.807) is 12.1 Å². The Bertz CT molecular complexity index is 1420. The lowest BCUT2D eigenvalue weighted by atomic mass is 9.99. The Kier molecular flexibility index (Phi) is 8.20. The number of ether oxygens (including phenoxy) is 4. The van der Waals surface area contributed by atoms with Crippen molar-refractivity contribution in [2.75, 3.05) is 6.61 Å². The van der Waals surface area contributed by atoms with Crippen LogP contribution in [0, 0.1) is 0 Å². The summed E-state index contributed by atoms with van der Waals surface area (Å²) < 4.78 is 27.8. The summed E-state index contributed by atoms with van der Waals surface area (Å²) in [6.45, 7) is 0.868. The minimum atomic E-state index is -1.69. The number of fused-ring (bicyclic) bond motifs is 1. The molecule has 2 aliphatic heterocycles. The van der Waals surface area contributed by atoms with E-state index in [9.17, 15) is 45.6 Å². The molecule has 10 atom stereocenters. The van der Waals surface area contributed by atoms with Crippen molar-refractivity contribution >= 4 is 11.0 Å². The van der Waals surface area contributed by atoms with Crippen LogP contribution in [0.4, 0.5) is 0 Å². The van der Waals surface area contributed by atoms with Gasteiger partial charge in [-0.3, -0.25) is 4.79 Å². The highest BCUT2D eigenvalue weighted by atomic mass is 16.7. The summed E-state index contributed by atoms with van der Waals surface area (Å²) in [5.74, 6) is -0.223. The molecule has 0 spiro atoms. The maximum atomic E-state index is 12.8. The molecule has 3 heterocycles. The topological polar surface area (TPSA) is 229 Å². The summed E-state index contributed by atoms with van der Waals surface area (Å²) in [5.41, 5.74) is -0.212. The van der Waals surface area contributed by atoms with Crippen LogP contribution in [0.2, 0.25) is 0 Å². The minimum absolute atomic E-state index is 0.0762. The predicted molar refractivity (Wildman–Crippen MR) is 137 cm³/mol. The molecule has 14 heteroatoms. The van der Waals surface area contributed by atoms with Gasteiger partial charge >= 0.3 is 0 Å². The third kappa shape index (κ3) is 5.61. The lowest BCUT2D eigenvalue weighted by Gasteiger charge is -2.39. The number of phenolic OH excluding ortho intramolecular Hbond substituents is 1. The van der Waals surface area contributed by atoms with Crippen LogP contribution in [0.5, 0.6) is 17.2 Å². The summed E-state index contributed by atoms with van der Waals surface area (Å²) in [7, 11) is 0. The zero-order valence-corrected chi connectivity index (χ0v) is 21.5. The van der Waals surface area contributed by atoms with E-state index in [0.29, 0.717) is 5.56 Å². The van der Waals surface area contributed by atoms with Crippen molar-refractivity contribution in [3.63, 3.8) is 0 Å². The molecule has 14 nitrogen and oxygen atoms in total. The maximum absolute atomic E-state index is 12.8. The second-order valence-electron chi connectivity index (χ2n) is 9.93. The second-order valence-corrected chi connectivity index (χ2v) is 9.93. The molecule has 2 saturated heterocycles. The molecule has 0 unspecified atom stereocenters. The highest BCUT2D eigenvalue weighted by Gasteiger charge is 2.45. The lowest BCUT2D eigenvalue weighted by molar-refractivity contribution is -0.277. The van der Waals surface area contributed by atoms with Crippen LogP contribution in [-0.4, -0.2) is 109 Å². The molecule has 8 N–H and O–H groups in total. The van der Waals surface area contributed by atoms with Gasteiger partial charge in [0.25, 0.3) is 0 Å². The van der Waals surface area contributed by atoms with Gasteiger partial charge in [-0.15, -0.1) is 0 Å². The number of rotatable bonds is 6. The van der Waals surface area contributed by atoms with Crippen molar-refractivity contribution in [1.29, 1.82) is 0 Å². The predicted octanol–water partition coefficient (Wildman–Crippen LogP) is -1.45. The molecule has 2 aromatic carbocycles. The number of hydrogen-bond donors (Lipinski definition) is 8. The van der Waals surface area contributed by atoms with E-state index in [2.05, 4.69) is 0 Å². The van der Waals surface area contributed by atoms with Gasteiger partial charge in [0, 0.05) is 23.8 Å². The molecule has 2 fully saturated rings. The summed E-state index contributed by atoms with van der Waals surface area (Å²) >= 11 is 0. The van der Waals surface area contributed by atoms with E-state index < -0.39 is 79.2 Å². The Morgan fingerprint density at radius 1 is 0.756 bits per heavy atom. The molecular formula is C27H30O14. The normalized spacial score (nSPS) is 34.0. The zero-order valence-electron chi connectivity index (χ0n) is 21.5. The number of hydrogen-bond acceptors (Lipinski definition) is 14. The van der Waals surface area contributed by atoms with Crippen molar-refractivity contribution in [3.8, 4) is 28.6 Å². The molecule has 0 aliphatic carbocycles. The van der Waals surface area contributed by atoms with E-state index in [4.69, 9.17) is 23.4 Å². The quantitative estimate of drug-likeness (QED) is 0.167. The standard InChI is InChI=1S/C27H30O14/c1-10-20(31)22(33)24(35)26(37-10)38-12-4-2-11(3-5-12)16-8-15(30)19-14(29)6-13(7-17(19)40-16)39-27-25(36)23(34)21(32)18(9-28)41-27/h2-8,10,18,20-29,31-36H,9H2,1H3/t10-,18+,20+,21+,22-,23-,24-,25+,26+,27+/m1/s1. The third-order valence-electron chi connectivity index (χ3n) is 7.08. The number of benzene rings is 2. The van der Waals surface area contributed by atoms with Gasteiger partial charge in [0.05, 0.1) is 12.7 Å². The molecule has 0 radical (unpaired) electrons. The average molecular weight is 579 g/mol. The van der Waals surface area contributed by atoms with E-state index in [0.717, 1.165) is 6.07 Å². The molecule has 2 aliphatic rings. The number of phenols is 1. The van der Waals surface area contributed by atoms with Gasteiger partial charge in [-0.2, -0.15) is 0 Å². The molecule has 0 saturated carbocycles. The zero-order chi connectivity index (χ0) is 29.6. The Morgan fingerprint density at radius 2 is 1.37 bits per heavy atom. The van der Waals surface area contributed by atoms with Crippen LogP contribution < -0.4 is 14.9 Å². The summed E-state index contributed by atoms with van der Waals surface area (Å²) in [4.78, 5) is 12.8. The summed E-state index contributed by atoms with van der Waals surface area (Å²) in [6.07, 6.45) is -13.9. The first kappa shape index (κ1) is 29.2. The monoisotopic (exact) mass is 578 g/mol. The van der Waals surface area contributed by atoms with Gasteiger partial charge < -0.3 is 64.2 Å². The lowest BCUT2D eigenvalue weighted by Crippen LogP contribution is -2.60. The molecule has 0 bridgehead atoms. The third-order valence-corrected chi connectivity index (χ3v) is 7.08. The van der Waals surface area contributed by atoms with Gasteiger partial charge in [-0.25, -0.2) is 0 Å². The first-order chi connectivity index (χ1) is 19.5. The Hall–Kier alpha value is -3.31. The summed E-state index contributed by atoms with van der Waals surface area (Å²) in [6, 6.07) is 9.65. The van der Waals surface area contributed by atoms with Crippen LogP contribution in [-0.2, 0) is 9.47 Å². The first-order valence-electron chi connectivity index (χ1n) is 12.7. The fourth-order valence-corrected chi connectivity index (χ4v) is 4.70. The van der Waals surface area contributed by atoms with E-state index >= 15 is 0 Å². The fourth-order valence-electron chi connectivity index (χ4n) is 4.70. The molecule has 1 aromatic heterocycles. The maximum Gasteiger partial charge on any atom is 0.229 e. The number of aliphatic hydroxyl groups is 7. The van der Waals surface area contributed by atoms with E-state index in [1.807, 2.05) is 0 Å². The summed E-state index contributed by atoms with van der Waals surface area (Å²) in [5, 5.41) is 79.9. The van der Waals surface area contributed by atoms with Crippen LogP contribution >= 0.6 is 0 Å². The first-order valence-corrected chi connectivity index (χ1v) is 12.7. The van der Waals surface area contributed by atoms with Gasteiger partial charge in [-0.05, 0) is 31.2 Å². The largest absolute Gasteiger partial charge is 0.507 e. The number of aliphatic hydroxyl groups excluding tert-OH is 7. The highest BCUT2D eigenvalue weighted by Crippen LogP contribution is 2.34. The van der Waals surface area contributed by atoms with Crippen molar-refractivity contribution in [3.05, 3.63) is 52.7 Å². The van der Waals surface area contributed by atoms with Crippen molar-refractivity contribution in [2.24, 2.45) is 0 Å². The van der Waals surface area contributed by atoms with Gasteiger partial charge in [0.1, 0.15) is 76.7 Å². The fraction of sp³-hybridized carbons (Fsp3) is 0.444. The highest BCUT2D eigenvalue weighted by molar-refractivity contribution is 5.86. The van der Waals surface area contributed by atoms with E-state index in [1.165, 1.54) is 31.2 Å². The average Bonchev–Trinajstić information content (AvgIpc) is 2.95. The minimum Gasteiger partial charge on any atom is -0.507 e. The van der Waals surface area contributed by atoms with E-state index in [-0.39, 0.29) is 28.2 Å². The second kappa shape index (κ2) is 11.5. The molecule has 3 aromatic rings. The van der Waals surface area contributed by atoms with Crippen molar-refractivity contribution in [2.45, 2.75) is 68.3 Å². The van der Waals surface area contributed by atoms with Gasteiger partial charge in [-0.1, -0.05) is 0 Å². The molecule has 41 heavy (non-hydrogen) atoms. The molecular weight excluding hydrogens is 548 g/mol. The van der Waals surface area contributed by atoms with Crippen molar-refractivity contribution < 1.29 is 64.2 Å². The SMILES string of the molecule is C[C@H]1O[C@@H](Oc2ccc(-c3cc(=O)c4c(O)cc(O[C@H]5O[C@@H](CO)[C@H](O)[C@@H](O)[C@@H]5O)cc4o3)cc2)[C@H](O)[C@H](O)[C@H]1O. The van der Waals surface area contributed by atoms with Crippen LogP contribution in [0.15, 0.2) is 51.7 Å². The number of aromatic hydroxyl groups is 1. The van der Waals surface area contributed by atoms with Gasteiger partial charge in [0.15, 0.2) is 5.43 Å².